The molecule has 0 aliphatic rings. The maximum Gasteiger partial charge on any atom is 0.119 e. The smallest absolute Gasteiger partial charge is 0.119 e. The van der Waals surface area contributed by atoms with Crippen molar-refractivity contribution in [2.24, 2.45) is 5.73 Å². The summed E-state index contributed by atoms with van der Waals surface area (Å²) in [5, 5.41) is 0. The van der Waals surface area contributed by atoms with Crippen molar-refractivity contribution in [3.05, 3.63) is 29.8 Å². The lowest BCUT2D eigenvalue weighted by atomic mass is 10.2. The summed E-state index contributed by atoms with van der Waals surface area (Å²) >= 11 is 0. The molecule has 1 aromatic rings. The Bertz CT molecular complexity index is 318. The first-order valence-electron chi connectivity index (χ1n) is 4.78. The number of ether oxygens (including phenoxy) is 1. The van der Waals surface area contributed by atoms with E-state index in [1.807, 2.05) is 31.2 Å². The third kappa shape index (κ3) is 3.51. The molecule has 0 spiro atoms. The lowest BCUT2D eigenvalue weighted by Gasteiger charge is -2.01. The van der Waals surface area contributed by atoms with Gasteiger partial charge in [-0.15, -0.1) is 0 Å². The topological polar surface area (TPSA) is 35.2 Å². The molecule has 0 heterocycles. The van der Waals surface area contributed by atoms with Gasteiger partial charge in [-0.3, -0.25) is 0 Å². The molecule has 0 bridgehead atoms. The Morgan fingerprint density at radius 3 is 2.57 bits per heavy atom. The second kappa shape index (κ2) is 6.06. The summed E-state index contributed by atoms with van der Waals surface area (Å²) in [7, 11) is 0. The van der Waals surface area contributed by atoms with Crippen LogP contribution in [-0.4, -0.2) is 13.2 Å². The minimum absolute atomic E-state index is 0.615. The summed E-state index contributed by atoms with van der Waals surface area (Å²) in [6.45, 7) is 3.27. The Morgan fingerprint density at radius 2 is 2.00 bits per heavy atom. The Hall–Kier alpha value is -1.46. The highest BCUT2D eigenvalue weighted by Gasteiger charge is 1.90. The summed E-state index contributed by atoms with van der Waals surface area (Å²) in [6, 6.07) is 7.76. The molecule has 2 N–H and O–H groups in total. The average Bonchev–Trinajstić information content (AvgIpc) is 2.21. The molecule has 0 aliphatic carbocycles. The maximum absolute atomic E-state index is 5.33. The third-order valence-corrected chi connectivity index (χ3v) is 1.67. The fourth-order valence-corrected chi connectivity index (χ4v) is 1.04. The predicted molar refractivity (Wildman–Crippen MR) is 58.2 cm³/mol. The van der Waals surface area contributed by atoms with E-state index in [1.165, 1.54) is 0 Å². The van der Waals surface area contributed by atoms with Gasteiger partial charge in [-0.25, -0.2) is 0 Å². The molecule has 2 heteroatoms. The molecule has 0 saturated heterocycles. The normalized spacial score (nSPS) is 9.00. The van der Waals surface area contributed by atoms with Gasteiger partial charge in [0.25, 0.3) is 0 Å². The fourth-order valence-electron chi connectivity index (χ4n) is 1.04. The van der Waals surface area contributed by atoms with Crippen molar-refractivity contribution in [2.45, 2.75) is 13.3 Å². The van der Waals surface area contributed by atoms with E-state index < -0.39 is 0 Å². The molecule has 0 aliphatic heterocycles. The first-order valence-corrected chi connectivity index (χ1v) is 4.78. The highest BCUT2D eigenvalue weighted by Crippen LogP contribution is 2.10. The van der Waals surface area contributed by atoms with Gasteiger partial charge in [0, 0.05) is 18.5 Å². The van der Waals surface area contributed by atoms with E-state index in [2.05, 4.69) is 11.8 Å². The molecular formula is C12H15NO. The highest BCUT2D eigenvalue weighted by atomic mass is 16.5. The molecule has 74 valence electrons. The minimum atomic E-state index is 0.615. The number of hydrogen-bond donors (Lipinski definition) is 1. The van der Waals surface area contributed by atoms with Crippen LogP contribution in [0, 0.1) is 11.8 Å². The van der Waals surface area contributed by atoms with E-state index in [1.54, 1.807) is 0 Å². The van der Waals surface area contributed by atoms with Gasteiger partial charge < -0.3 is 10.5 Å². The molecule has 0 saturated carbocycles. The summed E-state index contributed by atoms with van der Waals surface area (Å²) in [4.78, 5) is 0. The van der Waals surface area contributed by atoms with Crippen molar-refractivity contribution in [3.63, 3.8) is 0 Å². The zero-order valence-electron chi connectivity index (χ0n) is 8.42. The van der Waals surface area contributed by atoms with Crippen molar-refractivity contribution in [1.82, 2.24) is 0 Å². The molecule has 1 rings (SSSR count). The van der Waals surface area contributed by atoms with Crippen molar-refractivity contribution in [3.8, 4) is 17.6 Å². The largest absolute Gasteiger partial charge is 0.494 e. The molecule has 0 amide bonds. The molecule has 0 fully saturated rings. The monoisotopic (exact) mass is 189 g/mol. The van der Waals surface area contributed by atoms with Gasteiger partial charge in [0.1, 0.15) is 5.75 Å². The number of rotatable bonds is 3. The van der Waals surface area contributed by atoms with Gasteiger partial charge in [-0.05, 0) is 31.2 Å². The first kappa shape index (κ1) is 10.6. The molecule has 0 aromatic heterocycles. The standard InChI is InChI=1S/C12H15NO/c1-2-14-12-8-6-11(7-9-12)5-3-4-10-13/h6-9H,2,4,10,13H2,1H3. The van der Waals surface area contributed by atoms with Gasteiger partial charge >= 0.3 is 0 Å². The van der Waals surface area contributed by atoms with Crippen LogP contribution in [0.25, 0.3) is 0 Å². The lowest BCUT2D eigenvalue weighted by molar-refractivity contribution is 0.340. The van der Waals surface area contributed by atoms with Gasteiger partial charge in [0.15, 0.2) is 0 Å². The third-order valence-electron chi connectivity index (χ3n) is 1.67. The number of benzene rings is 1. The SMILES string of the molecule is CCOc1ccc(C#CCCN)cc1. The molecule has 1 aromatic carbocycles. The van der Waals surface area contributed by atoms with E-state index in [0.717, 1.165) is 17.7 Å². The molecule has 0 unspecified atom stereocenters. The predicted octanol–water partition coefficient (Wildman–Crippen LogP) is 1.79. The zero-order chi connectivity index (χ0) is 10.2. The second-order valence-corrected chi connectivity index (χ2v) is 2.80. The Labute approximate surface area is 85.1 Å². The van der Waals surface area contributed by atoms with E-state index >= 15 is 0 Å². The first-order chi connectivity index (χ1) is 6.86. The molecule has 0 atom stereocenters. The number of hydrogen-bond acceptors (Lipinski definition) is 2. The molecular weight excluding hydrogens is 174 g/mol. The lowest BCUT2D eigenvalue weighted by Crippen LogP contribution is -1.95. The maximum atomic E-state index is 5.33. The van der Waals surface area contributed by atoms with Crippen LogP contribution in [0.4, 0.5) is 0 Å². The van der Waals surface area contributed by atoms with Crippen LogP contribution in [0.1, 0.15) is 18.9 Å². The van der Waals surface area contributed by atoms with Crippen molar-refractivity contribution < 1.29 is 4.74 Å². The molecule has 14 heavy (non-hydrogen) atoms. The Morgan fingerprint density at radius 1 is 1.29 bits per heavy atom. The van der Waals surface area contributed by atoms with Gasteiger partial charge in [-0.2, -0.15) is 0 Å². The quantitative estimate of drug-likeness (QED) is 0.736. The van der Waals surface area contributed by atoms with E-state index in [-0.39, 0.29) is 0 Å². The summed E-state index contributed by atoms with van der Waals surface area (Å²) in [6.07, 6.45) is 0.743. The van der Waals surface area contributed by atoms with E-state index in [4.69, 9.17) is 10.5 Å². The van der Waals surface area contributed by atoms with Crippen LogP contribution >= 0.6 is 0 Å². The van der Waals surface area contributed by atoms with Crippen LogP contribution in [0.15, 0.2) is 24.3 Å². The van der Waals surface area contributed by atoms with E-state index in [0.29, 0.717) is 13.2 Å². The van der Waals surface area contributed by atoms with Crippen molar-refractivity contribution in [2.75, 3.05) is 13.2 Å². The van der Waals surface area contributed by atoms with Crippen molar-refractivity contribution >= 4 is 0 Å². The van der Waals surface area contributed by atoms with Crippen LogP contribution in [0.5, 0.6) is 5.75 Å². The van der Waals surface area contributed by atoms with Crippen LogP contribution < -0.4 is 10.5 Å². The fraction of sp³-hybridized carbons (Fsp3) is 0.333. The van der Waals surface area contributed by atoms with Gasteiger partial charge in [-0.1, -0.05) is 11.8 Å². The minimum Gasteiger partial charge on any atom is -0.494 e. The summed E-state index contributed by atoms with van der Waals surface area (Å²) in [5.41, 5.74) is 6.34. The Kier molecular flexibility index (Phi) is 4.60. The summed E-state index contributed by atoms with van der Waals surface area (Å²) in [5.74, 6) is 6.90. The van der Waals surface area contributed by atoms with Gasteiger partial charge in [0.05, 0.1) is 6.61 Å². The average molecular weight is 189 g/mol. The number of nitrogens with two attached hydrogens (primary N) is 1. The molecule has 2 nitrogen and oxygen atoms in total. The summed E-state index contributed by atoms with van der Waals surface area (Å²) < 4.78 is 5.32. The second-order valence-electron chi connectivity index (χ2n) is 2.80. The Balaban J connectivity index is 2.60. The van der Waals surface area contributed by atoms with Gasteiger partial charge in [0.2, 0.25) is 0 Å². The zero-order valence-corrected chi connectivity index (χ0v) is 8.42. The highest BCUT2D eigenvalue weighted by molar-refractivity contribution is 5.38. The van der Waals surface area contributed by atoms with E-state index in [9.17, 15) is 0 Å². The van der Waals surface area contributed by atoms with Crippen LogP contribution in [0.3, 0.4) is 0 Å². The van der Waals surface area contributed by atoms with Crippen molar-refractivity contribution in [1.29, 1.82) is 0 Å². The molecule has 0 radical (unpaired) electrons. The van der Waals surface area contributed by atoms with Crippen LogP contribution in [-0.2, 0) is 0 Å². The van der Waals surface area contributed by atoms with Crippen LogP contribution in [0.2, 0.25) is 0 Å².